The van der Waals surface area contributed by atoms with Crippen LogP contribution in [0.25, 0.3) is 0 Å². The van der Waals surface area contributed by atoms with Gasteiger partial charge in [-0.05, 0) is 24.3 Å². The van der Waals surface area contributed by atoms with Crippen molar-refractivity contribution >= 4 is 6.03 Å². The zero-order chi connectivity index (χ0) is 16.5. The van der Waals surface area contributed by atoms with E-state index in [2.05, 4.69) is 15.6 Å². The minimum atomic E-state index is -0.773. The second-order valence-corrected chi connectivity index (χ2v) is 4.68. The van der Waals surface area contributed by atoms with Gasteiger partial charge >= 0.3 is 6.03 Å². The molecule has 0 fully saturated rings. The van der Waals surface area contributed by atoms with Crippen molar-refractivity contribution in [1.82, 2.24) is 15.6 Å². The zero-order valence-corrected chi connectivity index (χ0v) is 12.4. The van der Waals surface area contributed by atoms with Crippen molar-refractivity contribution in [2.45, 2.75) is 6.42 Å². The monoisotopic (exact) mass is 321 g/mol. The van der Waals surface area contributed by atoms with E-state index in [1.807, 2.05) is 18.2 Å². The minimum Gasteiger partial charge on any atom is -0.489 e. The van der Waals surface area contributed by atoms with Crippen molar-refractivity contribution < 1.29 is 18.3 Å². The lowest BCUT2D eigenvalue weighted by atomic mass is 10.3. The van der Waals surface area contributed by atoms with E-state index >= 15 is 0 Å². The van der Waals surface area contributed by atoms with Gasteiger partial charge in [0.1, 0.15) is 12.4 Å². The van der Waals surface area contributed by atoms with Crippen LogP contribution in [0.5, 0.6) is 5.75 Å². The molecule has 122 valence electrons. The summed E-state index contributed by atoms with van der Waals surface area (Å²) in [6, 6.07) is 8.30. The first kappa shape index (κ1) is 16.7. The fourth-order valence-electron chi connectivity index (χ4n) is 1.83. The number of pyridine rings is 1. The molecule has 0 aliphatic rings. The maximum absolute atomic E-state index is 13.3. The number of halogens is 2. The van der Waals surface area contributed by atoms with Crippen molar-refractivity contribution in [3.8, 4) is 5.75 Å². The number of nitrogens with zero attached hydrogens (tertiary/aromatic N) is 1. The van der Waals surface area contributed by atoms with Crippen molar-refractivity contribution in [1.29, 1.82) is 0 Å². The first-order valence-corrected chi connectivity index (χ1v) is 7.14. The Balaban J connectivity index is 1.59. The standard InChI is InChI=1S/C16H17F2N3O2/c17-12-4-5-15(14(18)11-12)23-10-9-21-16(22)20-8-6-13-3-1-2-7-19-13/h1-5,7,11H,6,8-10H2,(H2,20,21,22). The number of carbonyl (C=O) groups is 1. The number of aromatic nitrogens is 1. The number of carbonyl (C=O) groups excluding carboxylic acids is 1. The van der Waals surface area contributed by atoms with Crippen molar-refractivity contribution in [3.63, 3.8) is 0 Å². The van der Waals surface area contributed by atoms with Crippen LogP contribution in [0.4, 0.5) is 13.6 Å². The Labute approximate surface area is 132 Å². The molecule has 1 heterocycles. The van der Waals surface area contributed by atoms with Crippen LogP contribution in [0.2, 0.25) is 0 Å². The number of hydrogen-bond donors (Lipinski definition) is 2. The quantitative estimate of drug-likeness (QED) is 0.769. The largest absolute Gasteiger partial charge is 0.489 e. The summed E-state index contributed by atoms with van der Waals surface area (Å²) >= 11 is 0. The molecule has 0 radical (unpaired) electrons. The molecule has 0 aliphatic carbocycles. The predicted molar refractivity (Wildman–Crippen MR) is 81.2 cm³/mol. The number of urea groups is 1. The molecule has 0 bridgehead atoms. The first-order valence-electron chi connectivity index (χ1n) is 7.14. The second-order valence-electron chi connectivity index (χ2n) is 4.68. The zero-order valence-electron chi connectivity index (χ0n) is 12.4. The summed E-state index contributed by atoms with van der Waals surface area (Å²) in [6.07, 6.45) is 2.33. The minimum absolute atomic E-state index is 0.0521. The van der Waals surface area contributed by atoms with Gasteiger partial charge in [0.05, 0.1) is 6.54 Å². The van der Waals surface area contributed by atoms with E-state index in [9.17, 15) is 13.6 Å². The highest BCUT2D eigenvalue weighted by molar-refractivity contribution is 5.73. The number of hydrogen-bond acceptors (Lipinski definition) is 3. The summed E-state index contributed by atoms with van der Waals surface area (Å²) in [4.78, 5) is 15.7. The highest BCUT2D eigenvalue weighted by Gasteiger charge is 2.05. The summed E-state index contributed by atoms with van der Waals surface area (Å²) in [6.45, 7) is 0.735. The van der Waals surface area contributed by atoms with Gasteiger partial charge in [-0.1, -0.05) is 6.07 Å². The first-order chi connectivity index (χ1) is 11.1. The molecule has 2 amide bonds. The Bertz CT molecular complexity index is 638. The van der Waals surface area contributed by atoms with E-state index in [1.165, 1.54) is 6.07 Å². The molecule has 2 N–H and O–H groups in total. The molecule has 0 unspecified atom stereocenters. The van der Waals surface area contributed by atoms with Gasteiger partial charge < -0.3 is 15.4 Å². The SMILES string of the molecule is O=C(NCCOc1ccc(F)cc1F)NCCc1ccccn1. The Hall–Kier alpha value is -2.70. The summed E-state index contributed by atoms with van der Waals surface area (Å²) in [5.74, 6) is -1.49. The smallest absolute Gasteiger partial charge is 0.314 e. The highest BCUT2D eigenvalue weighted by atomic mass is 19.1. The average molecular weight is 321 g/mol. The molecule has 5 nitrogen and oxygen atoms in total. The lowest BCUT2D eigenvalue weighted by Gasteiger charge is -2.09. The topological polar surface area (TPSA) is 63.2 Å². The summed E-state index contributed by atoms with van der Waals surface area (Å²) < 4.78 is 31.1. The number of nitrogens with one attached hydrogen (secondary N) is 2. The normalized spacial score (nSPS) is 10.2. The van der Waals surface area contributed by atoms with E-state index in [-0.39, 0.29) is 24.9 Å². The Morgan fingerprint density at radius 3 is 2.70 bits per heavy atom. The molecule has 0 atom stereocenters. The van der Waals surface area contributed by atoms with E-state index in [0.717, 1.165) is 17.8 Å². The Morgan fingerprint density at radius 1 is 1.13 bits per heavy atom. The fourth-order valence-corrected chi connectivity index (χ4v) is 1.83. The average Bonchev–Trinajstić information content (AvgIpc) is 2.54. The van der Waals surface area contributed by atoms with Gasteiger partial charge in [-0.15, -0.1) is 0 Å². The summed E-state index contributed by atoms with van der Waals surface area (Å²) in [7, 11) is 0. The number of ether oxygens (including phenoxy) is 1. The molecule has 1 aromatic carbocycles. The second kappa shape index (κ2) is 8.67. The summed E-state index contributed by atoms with van der Waals surface area (Å²) in [5.41, 5.74) is 0.892. The Morgan fingerprint density at radius 2 is 1.96 bits per heavy atom. The predicted octanol–water partition coefficient (Wildman–Crippen LogP) is 2.28. The van der Waals surface area contributed by atoms with Crippen molar-refractivity contribution in [3.05, 3.63) is 59.9 Å². The van der Waals surface area contributed by atoms with Gasteiger partial charge in [-0.25, -0.2) is 13.6 Å². The van der Waals surface area contributed by atoms with Gasteiger partial charge in [-0.3, -0.25) is 4.98 Å². The van der Waals surface area contributed by atoms with E-state index in [4.69, 9.17) is 4.74 Å². The fraction of sp³-hybridized carbons (Fsp3) is 0.250. The lowest BCUT2D eigenvalue weighted by Crippen LogP contribution is -2.38. The third-order valence-corrected chi connectivity index (χ3v) is 2.93. The van der Waals surface area contributed by atoms with Gasteiger partial charge in [0, 0.05) is 30.9 Å². The van der Waals surface area contributed by atoms with Crippen LogP contribution in [0, 0.1) is 11.6 Å². The number of benzene rings is 1. The van der Waals surface area contributed by atoms with Gasteiger partial charge in [0.25, 0.3) is 0 Å². The number of amides is 2. The van der Waals surface area contributed by atoms with Gasteiger partial charge in [-0.2, -0.15) is 0 Å². The molecule has 2 rings (SSSR count). The van der Waals surface area contributed by atoms with Gasteiger partial charge in [0.15, 0.2) is 11.6 Å². The number of rotatable bonds is 7. The highest BCUT2D eigenvalue weighted by Crippen LogP contribution is 2.17. The molecule has 0 aliphatic heterocycles. The van der Waals surface area contributed by atoms with E-state index in [1.54, 1.807) is 6.20 Å². The molecule has 0 spiro atoms. The molecule has 7 heteroatoms. The van der Waals surface area contributed by atoms with Crippen molar-refractivity contribution in [2.24, 2.45) is 0 Å². The Kier molecular flexibility index (Phi) is 6.28. The van der Waals surface area contributed by atoms with Gasteiger partial charge in [0.2, 0.25) is 0 Å². The molecule has 2 aromatic rings. The van der Waals surface area contributed by atoms with Crippen LogP contribution >= 0.6 is 0 Å². The molecule has 1 aromatic heterocycles. The van der Waals surface area contributed by atoms with Crippen LogP contribution < -0.4 is 15.4 Å². The maximum Gasteiger partial charge on any atom is 0.314 e. The third-order valence-electron chi connectivity index (χ3n) is 2.93. The third kappa shape index (κ3) is 5.90. The van der Waals surface area contributed by atoms with E-state index in [0.29, 0.717) is 13.0 Å². The lowest BCUT2D eigenvalue weighted by molar-refractivity contribution is 0.236. The summed E-state index contributed by atoms with van der Waals surface area (Å²) in [5, 5.41) is 5.26. The van der Waals surface area contributed by atoms with Crippen LogP contribution in [-0.2, 0) is 6.42 Å². The molecular formula is C16H17F2N3O2. The van der Waals surface area contributed by atoms with Crippen molar-refractivity contribution in [2.75, 3.05) is 19.7 Å². The molecule has 0 saturated carbocycles. The molecular weight excluding hydrogens is 304 g/mol. The van der Waals surface area contributed by atoms with Crippen LogP contribution in [0.15, 0.2) is 42.6 Å². The maximum atomic E-state index is 13.3. The van der Waals surface area contributed by atoms with Crippen LogP contribution in [-0.4, -0.2) is 30.7 Å². The van der Waals surface area contributed by atoms with E-state index < -0.39 is 11.6 Å². The molecule has 0 saturated heterocycles. The van der Waals surface area contributed by atoms with Crippen LogP contribution in [0.1, 0.15) is 5.69 Å². The molecule has 23 heavy (non-hydrogen) atoms. The van der Waals surface area contributed by atoms with Crippen LogP contribution in [0.3, 0.4) is 0 Å².